The first-order valence-corrected chi connectivity index (χ1v) is 12.5. The van der Waals surface area contributed by atoms with Gasteiger partial charge in [0.25, 0.3) is 0 Å². The van der Waals surface area contributed by atoms with Crippen molar-refractivity contribution >= 4 is 29.1 Å². The number of carbonyl (C=O) groups excluding carboxylic acids is 1. The molecular formula is C28H39N3O4. The molecule has 4 N–H and O–H groups in total. The smallest absolute Gasteiger partial charge is 0.323 e. The Balaban J connectivity index is 1.96. The van der Waals surface area contributed by atoms with Gasteiger partial charge in [0, 0.05) is 18.3 Å². The summed E-state index contributed by atoms with van der Waals surface area (Å²) in [5.74, 6) is -1.07. The second-order valence-corrected chi connectivity index (χ2v) is 10.5. The number of hydrogen-bond acceptors (Lipinski definition) is 4. The highest BCUT2D eigenvalue weighted by molar-refractivity contribution is 6.02. The highest BCUT2D eigenvalue weighted by atomic mass is 16.4. The first-order chi connectivity index (χ1) is 16.5. The van der Waals surface area contributed by atoms with E-state index in [1.54, 1.807) is 13.8 Å². The fraction of sp³-hybridized carbons (Fsp3) is 0.500. The molecule has 0 aliphatic heterocycles. The molecule has 1 aliphatic carbocycles. The zero-order valence-corrected chi connectivity index (χ0v) is 21.3. The summed E-state index contributed by atoms with van der Waals surface area (Å²) >= 11 is 0. The maximum absolute atomic E-state index is 13.0. The van der Waals surface area contributed by atoms with Gasteiger partial charge in [0.2, 0.25) is 0 Å². The lowest BCUT2D eigenvalue weighted by atomic mass is 9.91. The third-order valence-electron chi connectivity index (χ3n) is 6.51. The molecule has 1 fully saturated rings. The molecule has 0 heterocycles. The molecule has 0 radical (unpaired) electrons. The van der Waals surface area contributed by atoms with Gasteiger partial charge in [0.05, 0.1) is 23.4 Å². The summed E-state index contributed by atoms with van der Waals surface area (Å²) in [6.07, 6.45) is 5.55. The number of hydrogen-bond donors (Lipinski definition) is 4. The Morgan fingerprint density at radius 2 is 1.71 bits per heavy atom. The van der Waals surface area contributed by atoms with Gasteiger partial charge in [-0.05, 0) is 69.4 Å². The summed E-state index contributed by atoms with van der Waals surface area (Å²) in [4.78, 5) is 26.5. The van der Waals surface area contributed by atoms with Crippen molar-refractivity contribution in [2.75, 3.05) is 22.1 Å². The molecule has 0 aromatic heterocycles. The van der Waals surface area contributed by atoms with E-state index in [0.717, 1.165) is 42.5 Å². The third-order valence-corrected chi connectivity index (χ3v) is 6.51. The maximum Gasteiger partial charge on any atom is 0.323 e. The van der Waals surface area contributed by atoms with Crippen LogP contribution in [0.2, 0.25) is 0 Å². The molecule has 7 nitrogen and oxygen atoms in total. The Kier molecular flexibility index (Phi) is 8.78. The minimum Gasteiger partial charge on any atom is -0.481 e. The van der Waals surface area contributed by atoms with Gasteiger partial charge in [0.1, 0.15) is 0 Å². The average Bonchev–Trinajstić information content (AvgIpc) is 2.78. The van der Waals surface area contributed by atoms with Crippen LogP contribution in [0, 0.1) is 6.92 Å². The molecule has 3 rings (SSSR count). The number of aliphatic carboxylic acids is 1. The number of aryl methyl sites for hydroxylation is 1. The third kappa shape index (κ3) is 7.99. The van der Waals surface area contributed by atoms with Crippen LogP contribution in [-0.4, -0.2) is 40.4 Å². The second kappa shape index (κ2) is 11.6. The lowest BCUT2D eigenvalue weighted by Crippen LogP contribution is -2.46. The molecule has 0 bridgehead atoms. The number of carboxylic acid groups (broad SMARTS) is 1. The van der Waals surface area contributed by atoms with Crippen LogP contribution in [0.15, 0.2) is 42.5 Å². The largest absolute Gasteiger partial charge is 0.481 e. The molecular weight excluding hydrogens is 442 g/mol. The molecule has 7 heteroatoms. The SMILES string of the molecule is Cc1ccc(NC(=O)Nc2cc([C@@H](C)CC(=O)O)ccc2N(CC(C)(C)O)C2CCCCC2)cc1. The lowest BCUT2D eigenvalue weighted by Gasteiger charge is -2.40. The Morgan fingerprint density at radius 1 is 1.06 bits per heavy atom. The van der Waals surface area contributed by atoms with Crippen molar-refractivity contribution in [2.24, 2.45) is 0 Å². The van der Waals surface area contributed by atoms with E-state index in [4.69, 9.17) is 0 Å². The van der Waals surface area contributed by atoms with Crippen molar-refractivity contribution < 1.29 is 19.8 Å². The molecule has 1 aliphatic rings. The summed E-state index contributed by atoms with van der Waals surface area (Å²) in [5, 5.41) is 25.9. The quantitative estimate of drug-likeness (QED) is 0.345. The molecule has 0 saturated heterocycles. The van der Waals surface area contributed by atoms with Gasteiger partial charge >= 0.3 is 12.0 Å². The Hall–Kier alpha value is -3.06. The van der Waals surface area contributed by atoms with E-state index in [1.807, 2.05) is 56.3 Å². The van der Waals surface area contributed by atoms with E-state index >= 15 is 0 Å². The van der Waals surface area contributed by atoms with E-state index < -0.39 is 11.6 Å². The summed E-state index contributed by atoms with van der Waals surface area (Å²) in [5.41, 5.74) is 3.16. The summed E-state index contributed by atoms with van der Waals surface area (Å²) in [6, 6.07) is 13.2. The van der Waals surface area contributed by atoms with Gasteiger partial charge in [-0.25, -0.2) is 4.79 Å². The van der Waals surface area contributed by atoms with Crippen molar-refractivity contribution in [1.82, 2.24) is 0 Å². The van der Waals surface area contributed by atoms with Crippen LogP contribution in [0.25, 0.3) is 0 Å². The number of benzene rings is 2. The average molecular weight is 482 g/mol. The normalized spacial score (nSPS) is 15.3. The van der Waals surface area contributed by atoms with Crippen LogP contribution >= 0.6 is 0 Å². The van der Waals surface area contributed by atoms with Crippen LogP contribution < -0.4 is 15.5 Å². The van der Waals surface area contributed by atoms with E-state index in [0.29, 0.717) is 17.9 Å². The number of rotatable bonds is 9. The predicted molar refractivity (Wildman–Crippen MR) is 141 cm³/mol. The van der Waals surface area contributed by atoms with Crippen LogP contribution in [0.1, 0.15) is 76.3 Å². The zero-order chi connectivity index (χ0) is 25.6. The van der Waals surface area contributed by atoms with Gasteiger partial charge in [-0.15, -0.1) is 0 Å². The Labute approximate surface area is 208 Å². The number of nitrogens with one attached hydrogen (secondary N) is 2. The van der Waals surface area contributed by atoms with E-state index in [1.165, 1.54) is 6.42 Å². The van der Waals surface area contributed by atoms with Crippen molar-refractivity contribution in [1.29, 1.82) is 0 Å². The molecule has 1 atom stereocenters. The molecule has 1 saturated carbocycles. The van der Waals surface area contributed by atoms with Gasteiger partial charge in [-0.2, -0.15) is 0 Å². The fourth-order valence-electron chi connectivity index (χ4n) is 4.73. The number of aliphatic hydroxyl groups is 1. The zero-order valence-electron chi connectivity index (χ0n) is 21.3. The summed E-state index contributed by atoms with van der Waals surface area (Å²) in [6.45, 7) is 7.88. The Bertz CT molecular complexity index is 1010. The monoisotopic (exact) mass is 481 g/mol. The highest BCUT2D eigenvalue weighted by Gasteiger charge is 2.29. The van der Waals surface area contributed by atoms with Crippen LogP contribution in [-0.2, 0) is 4.79 Å². The molecule has 2 aromatic carbocycles. The maximum atomic E-state index is 13.0. The first-order valence-electron chi connectivity index (χ1n) is 12.5. The minimum absolute atomic E-state index is 0.00433. The molecule has 2 amide bonds. The van der Waals surface area contributed by atoms with E-state index in [9.17, 15) is 19.8 Å². The van der Waals surface area contributed by atoms with Gasteiger partial charge < -0.3 is 25.7 Å². The first kappa shape index (κ1) is 26.5. The molecule has 0 spiro atoms. The second-order valence-electron chi connectivity index (χ2n) is 10.5. The molecule has 190 valence electrons. The number of carbonyl (C=O) groups is 2. The topological polar surface area (TPSA) is 102 Å². The summed E-state index contributed by atoms with van der Waals surface area (Å²) in [7, 11) is 0. The van der Waals surface area contributed by atoms with Gasteiger partial charge in [0.15, 0.2) is 0 Å². The van der Waals surface area contributed by atoms with Crippen molar-refractivity contribution in [3.8, 4) is 0 Å². The lowest BCUT2D eigenvalue weighted by molar-refractivity contribution is -0.137. The molecule has 2 aromatic rings. The minimum atomic E-state index is -0.922. The molecule has 35 heavy (non-hydrogen) atoms. The van der Waals surface area contributed by atoms with Crippen LogP contribution in [0.4, 0.5) is 21.9 Å². The number of urea groups is 1. The van der Waals surface area contributed by atoms with Crippen LogP contribution in [0.3, 0.4) is 0 Å². The van der Waals surface area contributed by atoms with E-state index in [2.05, 4.69) is 15.5 Å². The fourth-order valence-corrected chi connectivity index (χ4v) is 4.73. The van der Waals surface area contributed by atoms with Crippen LogP contribution in [0.5, 0.6) is 0 Å². The standard InChI is InChI=1S/C28H39N3O4/c1-19-10-13-22(14-11-19)29-27(34)30-24-17-21(20(2)16-26(32)33)12-15-25(24)31(18-28(3,4)35)23-8-6-5-7-9-23/h10-15,17,20,23,35H,5-9,16,18H2,1-4H3,(H,32,33)(H2,29,30,34)/t20-/m0/s1. The Morgan fingerprint density at radius 3 is 2.31 bits per heavy atom. The summed E-state index contributed by atoms with van der Waals surface area (Å²) < 4.78 is 0. The van der Waals surface area contributed by atoms with E-state index in [-0.39, 0.29) is 24.4 Å². The van der Waals surface area contributed by atoms with Crippen molar-refractivity contribution in [2.45, 2.75) is 83.8 Å². The number of carboxylic acids is 1. The number of amides is 2. The van der Waals surface area contributed by atoms with Gasteiger partial charge in [-0.3, -0.25) is 4.79 Å². The van der Waals surface area contributed by atoms with Crippen molar-refractivity contribution in [3.05, 3.63) is 53.6 Å². The van der Waals surface area contributed by atoms with Gasteiger partial charge in [-0.1, -0.05) is 49.9 Å². The number of nitrogens with zero attached hydrogens (tertiary/aromatic N) is 1. The molecule has 0 unspecified atom stereocenters. The highest BCUT2D eigenvalue weighted by Crippen LogP contribution is 2.36. The number of anilines is 3. The predicted octanol–water partition coefficient (Wildman–Crippen LogP) is 6.13. The van der Waals surface area contributed by atoms with Crippen molar-refractivity contribution in [3.63, 3.8) is 0 Å².